The van der Waals surface area contributed by atoms with E-state index in [-0.39, 0.29) is 11.8 Å². The van der Waals surface area contributed by atoms with E-state index in [9.17, 15) is 4.79 Å². The molecule has 3 aromatic rings. The van der Waals surface area contributed by atoms with Crippen LogP contribution in [0.1, 0.15) is 61.2 Å². The molecule has 0 bridgehead atoms. The van der Waals surface area contributed by atoms with Crippen LogP contribution in [0, 0.1) is 12.8 Å². The number of benzene rings is 1. The summed E-state index contributed by atoms with van der Waals surface area (Å²) in [7, 11) is 0. The van der Waals surface area contributed by atoms with Gasteiger partial charge in [0.25, 0.3) is 0 Å². The number of para-hydroxylation sites is 1. The Morgan fingerprint density at radius 2 is 1.97 bits per heavy atom. The third-order valence-electron chi connectivity index (χ3n) is 7.00. The van der Waals surface area contributed by atoms with Gasteiger partial charge in [0.05, 0.1) is 17.5 Å². The first-order valence-electron chi connectivity index (χ1n) is 12.1. The number of piperidine rings is 1. The molecule has 174 valence electrons. The van der Waals surface area contributed by atoms with Crippen LogP contribution < -0.4 is 15.0 Å². The molecule has 1 saturated carbocycles. The monoisotopic (exact) mass is 464 g/mol. The van der Waals surface area contributed by atoms with Crippen LogP contribution in [0.4, 0.5) is 5.82 Å². The zero-order valence-corrected chi connectivity index (χ0v) is 20.3. The van der Waals surface area contributed by atoms with Crippen molar-refractivity contribution in [3.8, 4) is 5.75 Å². The van der Waals surface area contributed by atoms with Crippen LogP contribution in [0.3, 0.4) is 0 Å². The number of anilines is 1. The number of amides is 1. The van der Waals surface area contributed by atoms with Gasteiger partial charge in [0.1, 0.15) is 17.4 Å². The second-order valence-electron chi connectivity index (χ2n) is 9.11. The van der Waals surface area contributed by atoms with Gasteiger partial charge in [-0.3, -0.25) is 4.79 Å². The third-order valence-corrected chi connectivity index (χ3v) is 7.89. The minimum atomic E-state index is 0.0347. The van der Waals surface area contributed by atoms with Crippen molar-refractivity contribution < 1.29 is 9.53 Å². The molecule has 5 rings (SSSR count). The maximum Gasteiger partial charge on any atom is 0.223 e. The summed E-state index contributed by atoms with van der Waals surface area (Å²) >= 11 is 1.75. The van der Waals surface area contributed by atoms with Crippen molar-refractivity contribution in [3.05, 3.63) is 45.9 Å². The van der Waals surface area contributed by atoms with Gasteiger partial charge in [-0.05, 0) is 45.6 Å². The van der Waals surface area contributed by atoms with Crippen molar-refractivity contribution >= 4 is 34.0 Å². The summed E-state index contributed by atoms with van der Waals surface area (Å²) in [5.41, 5.74) is 2.10. The number of ether oxygens (including phenoxy) is 1. The van der Waals surface area contributed by atoms with Gasteiger partial charge in [0, 0.05) is 47.3 Å². The van der Waals surface area contributed by atoms with Gasteiger partial charge < -0.3 is 15.0 Å². The normalized spacial score (nSPS) is 17.2. The van der Waals surface area contributed by atoms with E-state index in [1.165, 1.54) is 29.5 Å². The van der Waals surface area contributed by atoms with Gasteiger partial charge in [-0.25, -0.2) is 9.97 Å². The average Bonchev–Trinajstić information content (AvgIpc) is 3.18. The van der Waals surface area contributed by atoms with Crippen molar-refractivity contribution in [2.24, 2.45) is 5.92 Å². The summed E-state index contributed by atoms with van der Waals surface area (Å²) < 4.78 is 5.69. The van der Waals surface area contributed by atoms with Crippen LogP contribution in [-0.2, 0) is 11.3 Å². The lowest BCUT2D eigenvalue weighted by molar-refractivity contribution is -0.125. The number of nitrogens with one attached hydrogen (secondary N) is 1. The molecule has 1 N–H and O–H groups in total. The van der Waals surface area contributed by atoms with Gasteiger partial charge in [0.15, 0.2) is 0 Å². The SMILES string of the molecule is CCOc1ccccc1CNC(=O)C1CCN(c2nc(C3CCC3)nc3csc(C)c23)CC1. The minimum absolute atomic E-state index is 0.0347. The number of thiophene rings is 1. The molecule has 1 aliphatic carbocycles. The molecule has 7 heteroatoms. The molecule has 1 aliphatic heterocycles. The van der Waals surface area contributed by atoms with Crippen LogP contribution in [0.15, 0.2) is 29.6 Å². The summed E-state index contributed by atoms with van der Waals surface area (Å²) in [6.45, 7) is 6.94. The van der Waals surface area contributed by atoms with Crippen molar-refractivity contribution in [2.45, 2.75) is 58.4 Å². The van der Waals surface area contributed by atoms with Gasteiger partial charge in [0.2, 0.25) is 5.91 Å². The molecular weight excluding hydrogens is 432 g/mol. The fraction of sp³-hybridized carbons (Fsp3) is 0.500. The molecular formula is C26H32N4O2S. The Balaban J connectivity index is 1.24. The van der Waals surface area contributed by atoms with Crippen molar-refractivity contribution in [2.75, 3.05) is 24.6 Å². The zero-order chi connectivity index (χ0) is 22.8. The first kappa shape index (κ1) is 22.1. The molecule has 2 aliphatic rings. The maximum atomic E-state index is 12.9. The van der Waals surface area contributed by atoms with Gasteiger partial charge in [-0.1, -0.05) is 24.6 Å². The number of aromatic nitrogens is 2. The molecule has 0 atom stereocenters. The predicted molar refractivity (Wildman–Crippen MR) is 133 cm³/mol. The fourth-order valence-corrected chi connectivity index (χ4v) is 5.59. The van der Waals surface area contributed by atoms with Crippen LogP contribution in [0.25, 0.3) is 10.9 Å². The van der Waals surface area contributed by atoms with E-state index in [4.69, 9.17) is 14.7 Å². The highest BCUT2D eigenvalue weighted by molar-refractivity contribution is 7.11. The number of hydrogen-bond acceptors (Lipinski definition) is 6. The number of hydrogen-bond donors (Lipinski definition) is 1. The zero-order valence-electron chi connectivity index (χ0n) is 19.5. The molecule has 3 heterocycles. The van der Waals surface area contributed by atoms with Gasteiger partial charge in [-0.2, -0.15) is 0 Å². The summed E-state index contributed by atoms with van der Waals surface area (Å²) in [6, 6.07) is 7.91. The summed E-state index contributed by atoms with van der Waals surface area (Å²) in [5.74, 6) is 3.61. The molecule has 1 saturated heterocycles. The van der Waals surface area contributed by atoms with E-state index in [0.717, 1.165) is 54.4 Å². The largest absolute Gasteiger partial charge is 0.494 e. The second kappa shape index (κ2) is 9.67. The van der Waals surface area contributed by atoms with Crippen LogP contribution in [-0.4, -0.2) is 35.6 Å². The highest BCUT2D eigenvalue weighted by Gasteiger charge is 2.29. The highest BCUT2D eigenvalue weighted by Crippen LogP contribution is 2.39. The van der Waals surface area contributed by atoms with Crippen molar-refractivity contribution in [1.29, 1.82) is 0 Å². The lowest BCUT2D eigenvalue weighted by atomic mass is 9.85. The number of fused-ring (bicyclic) bond motifs is 1. The number of rotatable bonds is 7. The number of carbonyl (C=O) groups is 1. The quantitative estimate of drug-likeness (QED) is 0.521. The average molecular weight is 465 g/mol. The van der Waals surface area contributed by atoms with E-state index >= 15 is 0 Å². The Morgan fingerprint density at radius 3 is 2.70 bits per heavy atom. The summed E-state index contributed by atoms with van der Waals surface area (Å²) in [4.78, 5) is 26.5. The van der Waals surface area contributed by atoms with Crippen molar-refractivity contribution in [1.82, 2.24) is 15.3 Å². The van der Waals surface area contributed by atoms with Crippen LogP contribution in [0.2, 0.25) is 0 Å². The lowest BCUT2D eigenvalue weighted by Crippen LogP contribution is -2.41. The first-order valence-corrected chi connectivity index (χ1v) is 13.0. The molecule has 2 fully saturated rings. The molecule has 1 amide bonds. The summed E-state index contributed by atoms with van der Waals surface area (Å²) in [6.07, 6.45) is 5.35. The standard InChI is InChI=1S/C26H32N4O2S/c1-3-32-22-10-5-4-7-20(22)15-27-26(31)19-11-13-30(14-12-19)25-23-17(2)33-16-21(23)28-24(29-25)18-8-6-9-18/h4-5,7,10,16,18-19H,3,6,8-9,11-15H2,1-2H3,(H,27,31). The Bertz CT molecular complexity index is 1130. The molecule has 33 heavy (non-hydrogen) atoms. The molecule has 1 aromatic carbocycles. The number of carbonyl (C=O) groups excluding carboxylic acids is 1. The van der Waals surface area contributed by atoms with E-state index in [2.05, 4.69) is 22.5 Å². The van der Waals surface area contributed by atoms with E-state index < -0.39 is 0 Å². The van der Waals surface area contributed by atoms with Gasteiger partial charge in [-0.15, -0.1) is 11.3 Å². The van der Waals surface area contributed by atoms with Gasteiger partial charge >= 0.3 is 0 Å². The predicted octanol–water partition coefficient (Wildman–Crippen LogP) is 5.20. The van der Waals surface area contributed by atoms with E-state index in [1.807, 2.05) is 31.2 Å². The Hall–Kier alpha value is -2.67. The number of aryl methyl sites for hydroxylation is 1. The molecule has 0 radical (unpaired) electrons. The topological polar surface area (TPSA) is 67.3 Å². The number of nitrogens with zero attached hydrogens (tertiary/aromatic N) is 3. The lowest BCUT2D eigenvalue weighted by Gasteiger charge is -2.33. The molecule has 6 nitrogen and oxygen atoms in total. The van der Waals surface area contributed by atoms with Crippen LogP contribution in [0.5, 0.6) is 5.75 Å². The fourth-order valence-electron chi connectivity index (χ4n) is 4.81. The molecule has 2 aromatic heterocycles. The minimum Gasteiger partial charge on any atom is -0.494 e. The molecule has 0 spiro atoms. The van der Waals surface area contributed by atoms with Crippen molar-refractivity contribution in [3.63, 3.8) is 0 Å². The third kappa shape index (κ3) is 4.56. The smallest absolute Gasteiger partial charge is 0.223 e. The second-order valence-corrected chi connectivity index (χ2v) is 10.2. The Morgan fingerprint density at radius 1 is 1.18 bits per heavy atom. The van der Waals surface area contributed by atoms with Crippen LogP contribution >= 0.6 is 11.3 Å². The Kier molecular flexibility index (Phi) is 6.49. The summed E-state index contributed by atoms with van der Waals surface area (Å²) in [5, 5.41) is 6.49. The Labute approximate surface area is 199 Å². The first-order chi connectivity index (χ1) is 16.1. The van der Waals surface area contributed by atoms with E-state index in [0.29, 0.717) is 19.1 Å². The van der Waals surface area contributed by atoms with E-state index in [1.54, 1.807) is 11.3 Å². The maximum absolute atomic E-state index is 12.9. The molecule has 0 unspecified atom stereocenters. The highest BCUT2D eigenvalue weighted by atomic mass is 32.1.